The number of hydrogen-bond donors (Lipinski definition) is 1. The van der Waals surface area contributed by atoms with Gasteiger partial charge in [0.2, 0.25) is 0 Å². The van der Waals surface area contributed by atoms with E-state index in [1.807, 2.05) is 36.4 Å². The second-order valence-electron chi connectivity index (χ2n) is 4.65. The highest BCUT2D eigenvalue weighted by atomic mass is 79.9. The van der Waals surface area contributed by atoms with E-state index in [-0.39, 0.29) is 6.04 Å². The Morgan fingerprint density at radius 1 is 1.05 bits per heavy atom. The topological polar surface area (TPSA) is 44.5 Å². The third kappa shape index (κ3) is 3.99. The zero-order valence-electron chi connectivity index (χ0n) is 11.9. The van der Waals surface area contributed by atoms with E-state index in [1.54, 1.807) is 14.2 Å². The van der Waals surface area contributed by atoms with Crippen LogP contribution in [0.1, 0.15) is 17.2 Å². The highest BCUT2D eigenvalue weighted by molar-refractivity contribution is 9.10. The van der Waals surface area contributed by atoms with Crippen molar-refractivity contribution in [3.63, 3.8) is 0 Å². The normalized spacial score (nSPS) is 12.0. The Balaban J connectivity index is 2.29. The van der Waals surface area contributed by atoms with Gasteiger partial charge in [-0.2, -0.15) is 0 Å². The van der Waals surface area contributed by atoms with Crippen molar-refractivity contribution in [2.45, 2.75) is 12.5 Å². The van der Waals surface area contributed by atoms with Crippen LogP contribution in [0.15, 0.2) is 45.3 Å². The van der Waals surface area contributed by atoms with E-state index in [4.69, 9.17) is 15.2 Å². The lowest BCUT2D eigenvalue weighted by Gasteiger charge is -2.17. The van der Waals surface area contributed by atoms with Gasteiger partial charge in [0.1, 0.15) is 11.5 Å². The first-order chi connectivity index (χ1) is 10.0. The summed E-state index contributed by atoms with van der Waals surface area (Å²) in [5.74, 6) is 1.64. The minimum absolute atomic E-state index is 0.155. The summed E-state index contributed by atoms with van der Waals surface area (Å²) in [5.41, 5.74) is 8.44. The molecule has 0 radical (unpaired) electrons. The number of halogens is 2. The summed E-state index contributed by atoms with van der Waals surface area (Å²) >= 11 is 7.03. The summed E-state index contributed by atoms with van der Waals surface area (Å²) in [6.45, 7) is 0. The highest BCUT2D eigenvalue weighted by Gasteiger charge is 2.15. The molecule has 2 rings (SSSR count). The number of rotatable bonds is 5. The van der Waals surface area contributed by atoms with E-state index in [0.29, 0.717) is 6.42 Å². The molecule has 0 saturated heterocycles. The lowest BCUT2D eigenvalue weighted by Crippen LogP contribution is -2.14. The zero-order valence-corrected chi connectivity index (χ0v) is 15.1. The average Bonchev–Trinajstić information content (AvgIpc) is 2.48. The van der Waals surface area contributed by atoms with Gasteiger partial charge in [-0.3, -0.25) is 0 Å². The van der Waals surface area contributed by atoms with Crippen molar-refractivity contribution in [2.75, 3.05) is 14.2 Å². The van der Waals surface area contributed by atoms with E-state index >= 15 is 0 Å². The molecule has 1 atom stereocenters. The molecule has 0 heterocycles. The van der Waals surface area contributed by atoms with Crippen LogP contribution < -0.4 is 15.2 Å². The van der Waals surface area contributed by atoms with Crippen LogP contribution in [-0.4, -0.2) is 14.2 Å². The Kier molecular flexibility index (Phi) is 5.67. The smallest absolute Gasteiger partial charge is 0.122 e. The van der Waals surface area contributed by atoms with Crippen LogP contribution in [0.25, 0.3) is 0 Å². The predicted molar refractivity (Wildman–Crippen MR) is 92.0 cm³/mol. The molecular weight excluding hydrogens is 398 g/mol. The molecule has 112 valence electrons. The fraction of sp³-hybridized carbons (Fsp3) is 0.250. The molecule has 2 aromatic rings. The second kappa shape index (κ2) is 7.29. The molecule has 21 heavy (non-hydrogen) atoms. The van der Waals surface area contributed by atoms with Crippen LogP contribution in [0.2, 0.25) is 0 Å². The molecule has 0 aliphatic heterocycles. The Bertz CT molecular complexity index is 632. The minimum atomic E-state index is -0.155. The molecule has 0 amide bonds. The van der Waals surface area contributed by atoms with Gasteiger partial charge in [-0.25, -0.2) is 0 Å². The zero-order chi connectivity index (χ0) is 15.4. The molecule has 0 saturated carbocycles. The maximum absolute atomic E-state index is 6.37. The SMILES string of the molecule is COc1ccc(Br)c(C(N)Cc2cc(Br)ccc2OC)c1. The number of ether oxygens (including phenoxy) is 2. The molecule has 5 heteroatoms. The van der Waals surface area contributed by atoms with Crippen LogP contribution in [0.4, 0.5) is 0 Å². The van der Waals surface area contributed by atoms with Crippen molar-refractivity contribution >= 4 is 31.9 Å². The van der Waals surface area contributed by atoms with Gasteiger partial charge in [0.25, 0.3) is 0 Å². The van der Waals surface area contributed by atoms with Gasteiger partial charge in [0.15, 0.2) is 0 Å². The van der Waals surface area contributed by atoms with E-state index in [1.165, 1.54) is 0 Å². The van der Waals surface area contributed by atoms with Crippen LogP contribution in [0, 0.1) is 0 Å². The van der Waals surface area contributed by atoms with Crippen molar-refractivity contribution in [1.29, 1.82) is 0 Å². The highest BCUT2D eigenvalue weighted by Crippen LogP contribution is 2.31. The minimum Gasteiger partial charge on any atom is -0.497 e. The van der Waals surface area contributed by atoms with Gasteiger partial charge in [-0.05, 0) is 53.9 Å². The third-order valence-electron chi connectivity index (χ3n) is 3.28. The molecule has 0 fully saturated rings. The fourth-order valence-electron chi connectivity index (χ4n) is 2.19. The molecule has 2 N–H and O–H groups in total. The summed E-state index contributed by atoms with van der Waals surface area (Å²) in [6, 6.07) is 11.6. The summed E-state index contributed by atoms with van der Waals surface area (Å²) in [5, 5.41) is 0. The number of hydrogen-bond acceptors (Lipinski definition) is 3. The monoisotopic (exact) mass is 413 g/mol. The Morgan fingerprint density at radius 2 is 1.81 bits per heavy atom. The molecule has 0 spiro atoms. The maximum Gasteiger partial charge on any atom is 0.122 e. The molecular formula is C16H17Br2NO2. The molecule has 0 aromatic heterocycles. The third-order valence-corrected chi connectivity index (χ3v) is 4.50. The van der Waals surface area contributed by atoms with Crippen molar-refractivity contribution in [1.82, 2.24) is 0 Å². The van der Waals surface area contributed by atoms with Gasteiger partial charge in [0.05, 0.1) is 14.2 Å². The first kappa shape index (κ1) is 16.3. The first-order valence-corrected chi connectivity index (χ1v) is 8.05. The van der Waals surface area contributed by atoms with Gasteiger partial charge >= 0.3 is 0 Å². The summed E-state index contributed by atoms with van der Waals surface area (Å²) in [6.07, 6.45) is 0.675. The van der Waals surface area contributed by atoms with Crippen LogP contribution in [-0.2, 0) is 6.42 Å². The predicted octanol–water partition coefficient (Wildman–Crippen LogP) is 4.47. The Labute approximate surface area is 141 Å². The molecule has 3 nitrogen and oxygen atoms in total. The molecule has 2 aromatic carbocycles. The van der Waals surface area contributed by atoms with E-state index in [0.717, 1.165) is 31.6 Å². The average molecular weight is 415 g/mol. The fourth-order valence-corrected chi connectivity index (χ4v) is 3.14. The number of methoxy groups -OCH3 is 2. The van der Waals surface area contributed by atoms with E-state index in [2.05, 4.69) is 31.9 Å². The van der Waals surface area contributed by atoms with E-state index in [9.17, 15) is 0 Å². The number of nitrogens with two attached hydrogens (primary N) is 1. The standard InChI is InChI=1S/C16H17Br2NO2/c1-20-12-4-5-14(18)13(9-12)15(19)8-10-7-11(17)3-6-16(10)21-2/h3-7,9,15H,8,19H2,1-2H3. The molecule has 0 aliphatic carbocycles. The molecule has 1 unspecified atom stereocenters. The van der Waals surface area contributed by atoms with Crippen LogP contribution in [0.5, 0.6) is 11.5 Å². The Hall–Kier alpha value is -1.04. The van der Waals surface area contributed by atoms with Gasteiger partial charge in [-0.15, -0.1) is 0 Å². The Morgan fingerprint density at radius 3 is 2.48 bits per heavy atom. The number of benzene rings is 2. The molecule has 0 bridgehead atoms. The second-order valence-corrected chi connectivity index (χ2v) is 6.42. The quantitative estimate of drug-likeness (QED) is 0.784. The molecule has 0 aliphatic rings. The largest absolute Gasteiger partial charge is 0.497 e. The lowest BCUT2D eigenvalue weighted by atomic mass is 9.99. The first-order valence-electron chi connectivity index (χ1n) is 6.46. The van der Waals surface area contributed by atoms with E-state index < -0.39 is 0 Å². The summed E-state index contributed by atoms with van der Waals surface area (Å²) < 4.78 is 12.7. The van der Waals surface area contributed by atoms with Gasteiger partial charge < -0.3 is 15.2 Å². The van der Waals surface area contributed by atoms with Gasteiger partial charge in [0, 0.05) is 15.0 Å². The van der Waals surface area contributed by atoms with Crippen LogP contribution >= 0.6 is 31.9 Å². The van der Waals surface area contributed by atoms with Crippen molar-refractivity contribution in [3.05, 3.63) is 56.5 Å². The van der Waals surface area contributed by atoms with Crippen molar-refractivity contribution < 1.29 is 9.47 Å². The maximum atomic E-state index is 6.37. The van der Waals surface area contributed by atoms with Gasteiger partial charge in [-0.1, -0.05) is 31.9 Å². The summed E-state index contributed by atoms with van der Waals surface area (Å²) in [7, 11) is 3.32. The van der Waals surface area contributed by atoms with Crippen molar-refractivity contribution in [3.8, 4) is 11.5 Å². The lowest BCUT2D eigenvalue weighted by molar-refractivity contribution is 0.407. The van der Waals surface area contributed by atoms with Crippen LogP contribution in [0.3, 0.4) is 0 Å². The van der Waals surface area contributed by atoms with Crippen molar-refractivity contribution in [2.24, 2.45) is 5.73 Å². The summed E-state index contributed by atoms with van der Waals surface area (Å²) in [4.78, 5) is 0.